The normalized spacial score (nSPS) is 13.7. The van der Waals surface area contributed by atoms with E-state index in [-0.39, 0.29) is 5.54 Å². The third-order valence-electron chi connectivity index (χ3n) is 4.43. The van der Waals surface area contributed by atoms with Crippen molar-refractivity contribution in [1.82, 2.24) is 0 Å². The SMILES string of the molecule is CC[Si](CC)(CC)C(CN)c1ccc(F)c(F)c1. The fraction of sp³-hybridized carbons (Fsp3) is 0.571. The van der Waals surface area contributed by atoms with E-state index >= 15 is 0 Å². The Kier molecular flexibility index (Phi) is 5.47. The van der Waals surface area contributed by atoms with Gasteiger partial charge in [0.05, 0.1) is 8.07 Å². The Hall–Kier alpha value is -0.743. The highest BCUT2D eigenvalue weighted by Gasteiger charge is 2.36. The molecule has 0 saturated carbocycles. The van der Waals surface area contributed by atoms with Crippen LogP contribution in [0.25, 0.3) is 0 Å². The molecule has 0 radical (unpaired) electrons. The lowest BCUT2D eigenvalue weighted by atomic mass is 10.1. The predicted molar refractivity (Wildman–Crippen MR) is 75.4 cm³/mol. The summed E-state index contributed by atoms with van der Waals surface area (Å²) < 4.78 is 26.4. The molecule has 0 bridgehead atoms. The second-order valence-electron chi connectivity index (χ2n) is 4.88. The molecule has 1 atom stereocenters. The maximum Gasteiger partial charge on any atom is 0.159 e. The van der Waals surface area contributed by atoms with E-state index in [9.17, 15) is 8.78 Å². The summed E-state index contributed by atoms with van der Waals surface area (Å²) in [6, 6.07) is 7.62. The number of halogens is 2. The molecule has 1 aromatic rings. The Morgan fingerprint density at radius 3 is 2.00 bits per heavy atom. The van der Waals surface area contributed by atoms with E-state index < -0.39 is 19.7 Å². The van der Waals surface area contributed by atoms with Crippen molar-refractivity contribution in [3.63, 3.8) is 0 Å². The summed E-state index contributed by atoms with van der Waals surface area (Å²) in [5.41, 5.74) is 7.01. The second kappa shape index (κ2) is 6.43. The predicted octanol–water partition coefficient (Wildman–Crippen LogP) is 4.05. The third-order valence-corrected chi connectivity index (χ3v) is 10.7. The molecule has 0 aliphatic carbocycles. The smallest absolute Gasteiger partial charge is 0.159 e. The highest BCUT2D eigenvalue weighted by molar-refractivity contribution is 6.81. The largest absolute Gasteiger partial charge is 0.330 e. The van der Waals surface area contributed by atoms with Crippen LogP contribution in [0.4, 0.5) is 8.78 Å². The Labute approximate surface area is 109 Å². The summed E-state index contributed by atoms with van der Waals surface area (Å²) in [6.07, 6.45) is 0. The van der Waals surface area contributed by atoms with E-state index in [0.29, 0.717) is 6.54 Å². The van der Waals surface area contributed by atoms with Crippen LogP contribution in [0, 0.1) is 11.6 Å². The van der Waals surface area contributed by atoms with Crippen molar-refractivity contribution in [1.29, 1.82) is 0 Å². The van der Waals surface area contributed by atoms with Crippen LogP contribution in [0.3, 0.4) is 0 Å². The summed E-state index contributed by atoms with van der Waals surface area (Å²) in [5.74, 6) is -1.55. The number of hydrogen-bond acceptors (Lipinski definition) is 1. The van der Waals surface area contributed by atoms with E-state index in [1.165, 1.54) is 12.1 Å². The fourth-order valence-corrected chi connectivity index (χ4v) is 7.32. The first-order chi connectivity index (χ1) is 8.54. The minimum atomic E-state index is -1.54. The molecular weight excluding hydrogens is 248 g/mol. The highest BCUT2D eigenvalue weighted by Crippen LogP contribution is 2.35. The average molecular weight is 271 g/mol. The highest BCUT2D eigenvalue weighted by atomic mass is 28.3. The molecule has 1 nitrogen and oxygen atoms in total. The van der Waals surface area contributed by atoms with Crippen LogP contribution >= 0.6 is 0 Å². The molecule has 0 saturated heterocycles. The van der Waals surface area contributed by atoms with Crippen LogP contribution in [0.15, 0.2) is 18.2 Å². The van der Waals surface area contributed by atoms with Gasteiger partial charge in [0.25, 0.3) is 0 Å². The Morgan fingerprint density at radius 1 is 1.06 bits per heavy atom. The lowest BCUT2D eigenvalue weighted by molar-refractivity contribution is 0.506. The molecule has 2 N–H and O–H groups in total. The Morgan fingerprint density at radius 2 is 1.61 bits per heavy atom. The van der Waals surface area contributed by atoms with Gasteiger partial charge in [-0.1, -0.05) is 45.0 Å². The van der Waals surface area contributed by atoms with E-state index in [0.717, 1.165) is 23.7 Å². The maximum absolute atomic E-state index is 13.4. The van der Waals surface area contributed by atoms with E-state index in [1.807, 2.05) is 0 Å². The molecule has 1 unspecified atom stereocenters. The van der Waals surface area contributed by atoms with Crippen LogP contribution in [-0.4, -0.2) is 14.6 Å². The molecule has 0 aromatic heterocycles. The van der Waals surface area contributed by atoms with Gasteiger partial charge in [-0.25, -0.2) is 8.78 Å². The van der Waals surface area contributed by atoms with Crippen molar-refractivity contribution >= 4 is 8.07 Å². The topological polar surface area (TPSA) is 26.0 Å². The Bertz CT molecular complexity index is 383. The summed E-state index contributed by atoms with van der Waals surface area (Å²) in [4.78, 5) is 0. The Balaban J connectivity index is 3.19. The van der Waals surface area contributed by atoms with Crippen LogP contribution in [0.2, 0.25) is 18.1 Å². The number of rotatable bonds is 6. The molecule has 0 aliphatic rings. The molecule has 0 heterocycles. The van der Waals surface area contributed by atoms with Gasteiger partial charge >= 0.3 is 0 Å². The lowest BCUT2D eigenvalue weighted by Gasteiger charge is -2.37. The van der Waals surface area contributed by atoms with Gasteiger partial charge in [0, 0.05) is 0 Å². The summed E-state index contributed by atoms with van der Waals surface area (Å²) in [6.45, 7) is 7.11. The van der Waals surface area contributed by atoms with Crippen molar-refractivity contribution in [3.05, 3.63) is 35.4 Å². The molecule has 18 heavy (non-hydrogen) atoms. The van der Waals surface area contributed by atoms with Gasteiger partial charge < -0.3 is 5.73 Å². The second-order valence-corrected chi connectivity index (χ2v) is 10.4. The zero-order valence-electron chi connectivity index (χ0n) is 11.5. The van der Waals surface area contributed by atoms with Crippen molar-refractivity contribution in [2.24, 2.45) is 5.73 Å². The molecule has 0 spiro atoms. The van der Waals surface area contributed by atoms with Gasteiger partial charge in [0.2, 0.25) is 0 Å². The summed E-state index contributed by atoms with van der Waals surface area (Å²) in [5, 5.41) is 0. The molecule has 102 valence electrons. The maximum atomic E-state index is 13.4. The molecule has 1 aromatic carbocycles. The first-order valence-corrected chi connectivity index (χ1v) is 9.39. The third kappa shape index (κ3) is 2.80. The molecule has 4 heteroatoms. The molecular formula is C14H23F2NSi. The quantitative estimate of drug-likeness (QED) is 0.776. The minimum Gasteiger partial charge on any atom is -0.330 e. The zero-order valence-corrected chi connectivity index (χ0v) is 12.5. The van der Waals surface area contributed by atoms with Gasteiger partial charge in [0.1, 0.15) is 0 Å². The van der Waals surface area contributed by atoms with E-state index in [2.05, 4.69) is 20.8 Å². The van der Waals surface area contributed by atoms with Crippen molar-refractivity contribution in [3.8, 4) is 0 Å². The van der Waals surface area contributed by atoms with E-state index in [1.54, 1.807) is 6.07 Å². The molecule has 1 rings (SSSR count). The van der Waals surface area contributed by atoms with Gasteiger partial charge in [-0.2, -0.15) is 0 Å². The van der Waals surface area contributed by atoms with E-state index in [4.69, 9.17) is 5.73 Å². The number of benzene rings is 1. The first kappa shape index (κ1) is 15.3. The van der Waals surface area contributed by atoms with Crippen LogP contribution < -0.4 is 5.73 Å². The molecule has 0 amide bonds. The number of nitrogens with two attached hydrogens (primary N) is 1. The van der Waals surface area contributed by atoms with Gasteiger partial charge in [-0.05, 0) is 29.8 Å². The van der Waals surface area contributed by atoms with Gasteiger partial charge in [-0.3, -0.25) is 0 Å². The van der Waals surface area contributed by atoms with Crippen LogP contribution in [-0.2, 0) is 0 Å². The monoisotopic (exact) mass is 271 g/mol. The molecule has 0 fully saturated rings. The standard InChI is InChI=1S/C14H23F2NSi/c1-4-18(5-2,6-3)14(10-17)11-7-8-12(15)13(16)9-11/h7-9,14H,4-6,10,17H2,1-3H3. The van der Waals surface area contributed by atoms with Crippen molar-refractivity contribution in [2.75, 3.05) is 6.54 Å². The van der Waals surface area contributed by atoms with Gasteiger partial charge in [-0.15, -0.1) is 0 Å². The van der Waals surface area contributed by atoms with Gasteiger partial charge in [0.15, 0.2) is 11.6 Å². The first-order valence-electron chi connectivity index (χ1n) is 6.69. The van der Waals surface area contributed by atoms with Crippen molar-refractivity contribution < 1.29 is 8.78 Å². The molecule has 0 aliphatic heterocycles. The summed E-state index contributed by atoms with van der Waals surface area (Å²) in [7, 11) is -1.54. The summed E-state index contributed by atoms with van der Waals surface area (Å²) >= 11 is 0. The van der Waals surface area contributed by atoms with Crippen molar-refractivity contribution in [2.45, 2.75) is 44.4 Å². The van der Waals surface area contributed by atoms with Crippen LogP contribution in [0.1, 0.15) is 31.9 Å². The lowest BCUT2D eigenvalue weighted by Crippen LogP contribution is -2.43. The fourth-order valence-electron chi connectivity index (χ4n) is 2.96. The number of hydrogen-bond donors (Lipinski definition) is 1. The minimum absolute atomic E-state index is 0.215. The van der Waals surface area contributed by atoms with Crippen LogP contribution in [0.5, 0.6) is 0 Å². The average Bonchev–Trinajstić information content (AvgIpc) is 2.40. The zero-order chi connectivity index (χ0) is 13.8.